The molecule has 2 aromatic heterocycles. The minimum atomic E-state index is -0.191. The predicted octanol–water partition coefficient (Wildman–Crippen LogP) is 4.81. The number of hydrogen-bond donors (Lipinski definition) is 2. The summed E-state index contributed by atoms with van der Waals surface area (Å²) >= 11 is 3.46. The molecule has 4 rings (SSSR count). The highest BCUT2D eigenvalue weighted by molar-refractivity contribution is 9.10. The number of pyridine rings is 1. The maximum absolute atomic E-state index is 12.9. The maximum atomic E-state index is 12.9. The second-order valence-electron chi connectivity index (χ2n) is 8.71. The molecule has 2 N–H and O–H groups in total. The van der Waals surface area contributed by atoms with E-state index in [2.05, 4.69) is 41.5 Å². The van der Waals surface area contributed by atoms with Crippen LogP contribution in [0.4, 0.5) is 11.8 Å². The zero-order chi connectivity index (χ0) is 24.1. The molecule has 0 aliphatic heterocycles. The number of carbonyl (C=O) groups is 1. The van der Waals surface area contributed by atoms with Gasteiger partial charge in [-0.25, -0.2) is 9.97 Å². The molecule has 0 bridgehead atoms. The Hall–Kier alpha value is -3.20. The number of nitrogens with one attached hydrogen (secondary N) is 2. The molecule has 0 saturated heterocycles. The normalized spacial score (nSPS) is 17.3. The minimum Gasteiger partial charge on any atom is -0.437 e. The summed E-state index contributed by atoms with van der Waals surface area (Å²) in [6, 6.07) is 11.2. The first-order valence-electron chi connectivity index (χ1n) is 11.3. The number of aryl methyl sites for hydroxylation is 1. The van der Waals surface area contributed by atoms with Gasteiger partial charge in [0.1, 0.15) is 17.1 Å². The van der Waals surface area contributed by atoms with Crippen LogP contribution >= 0.6 is 15.9 Å². The van der Waals surface area contributed by atoms with Gasteiger partial charge in [0, 0.05) is 44.6 Å². The number of nitrogens with zero attached hydrogens (tertiary/aromatic N) is 4. The molecule has 0 spiro atoms. The third-order valence-electron chi connectivity index (χ3n) is 5.85. The van der Waals surface area contributed by atoms with Crippen LogP contribution in [0.2, 0.25) is 0 Å². The number of rotatable bonds is 8. The highest BCUT2D eigenvalue weighted by atomic mass is 79.9. The number of aromatic nitrogens is 3. The smallest absolute Gasteiger partial charge is 0.256 e. The van der Waals surface area contributed by atoms with Crippen molar-refractivity contribution in [1.82, 2.24) is 20.3 Å². The van der Waals surface area contributed by atoms with E-state index in [0.29, 0.717) is 29.7 Å². The van der Waals surface area contributed by atoms with Gasteiger partial charge in [-0.05, 0) is 72.3 Å². The van der Waals surface area contributed by atoms with Crippen LogP contribution in [-0.4, -0.2) is 47.5 Å². The summed E-state index contributed by atoms with van der Waals surface area (Å²) in [4.78, 5) is 28.2. The van der Waals surface area contributed by atoms with Crippen LogP contribution in [0.25, 0.3) is 0 Å². The average Bonchev–Trinajstić information content (AvgIpc) is 3.27. The summed E-state index contributed by atoms with van der Waals surface area (Å²) in [5.41, 5.74) is 1.45. The van der Waals surface area contributed by atoms with E-state index in [1.54, 1.807) is 18.3 Å². The van der Waals surface area contributed by atoms with Crippen LogP contribution in [0.5, 0.6) is 11.6 Å². The van der Waals surface area contributed by atoms with E-state index in [1.807, 2.05) is 56.4 Å². The highest BCUT2D eigenvalue weighted by Gasteiger charge is 2.26. The van der Waals surface area contributed by atoms with Gasteiger partial charge in [-0.15, -0.1) is 0 Å². The summed E-state index contributed by atoms with van der Waals surface area (Å²) < 4.78 is 6.70. The molecule has 3 aromatic rings. The molecule has 1 aliphatic rings. The zero-order valence-electron chi connectivity index (χ0n) is 19.6. The predicted molar refractivity (Wildman–Crippen MR) is 137 cm³/mol. The van der Waals surface area contributed by atoms with Gasteiger partial charge in [-0.1, -0.05) is 12.1 Å². The number of halogens is 1. The first kappa shape index (κ1) is 23.9. The average molecular weight is 525 g/mol. The minimum absolute atomic E-state index is 0.191. The van der Waals surface area contributed by atoms with E-state index in [1.165, 1.54) is 0 Å². The van der Waals surface area contributed by atoms with Crippen molar-refractivity contribution in [2.75, 3.05) is 30.9 Å². The lowest BCUT2D eigenvalue weighted by Gasteiger charge is -2.18. The molecule has 8 nitrogen and oxygen atoms in total. The van der Waals surface area contributed by atoms with Crippen LogP contribution in [-0.2, 0) is 0 Å². The van der Waals surface area contributed by atoms with Crippen molar-refractivity contribution in [3.8, 4) is 11.6 Å². The highest BCUT2D eigenvalue weighted by Crippen LogP contribution is 2.30. The van der Waals surface area contributed by atoms with E-state index in [4.69, 9.17) is 4.74 Å². The number of benzene rings is 1. The standard InChI is InChI=1S/C25H29BrN6O2/c1-16-14-29-25(31-22(16)32(2)3)30-18-11-10-17(13-18)15-28-23(33)19-7-6-12-27-24(19)34-21-9-5-4-8-20(21)26/h4-9,12,14,17-18H,10-11,13,15H2,1-3H3,(H,28,33)(H,29,30,31)/t17-,18+/m1/s1. The number of anilines is 2. The molecule has 178 valence electrons. The zero-order valence-corrected chi connectivity index (χ0v) is 21.2. The van der Waals surface area contributed by atoms with E-state index in [9.17, 15) is 4.79 Å². The van der Waals surface area contributed by atoms with Gasteiger partial charge < -0.3 is 20.3 Å². The lowest BCUT2D eigenvalue weighted by atomic mass is 10.1. The van der Waals surface area contributed by atoms with Crippen molar-refractivity contribution in [3.05, 3.63) is 64.4 Å². The second kappa shape index (κ2) is 10.8. The quantitative estimate of drug-likeness (QED) is 0.436. The third-order valence-corrected chi connectivity index (χ3v) is 6.51. The molecule has 1 aliphatic carbocycles. The molecule has 9 heteroatoms. The summed E-state index contributed by atoms with van der Waals surface area (Å²) in [7, 11) is 3.95. The van der Waals surface area contributed by atoms with Gasteiger partial charge >= 0.3 is 0 Å². The Balaban J connectivity index is 1.32. The molecule has 1 aromatic carbocycles. The molecule has 0 unspecified atom stereocenters. The number of amides is 1. The van der Waals surface area contributed by atoms with Crippen molar-refractivity contribution < 1.29 is 9.53 Å². The van der Waals surface area contributed by atoms with Gasteiger partial charge in [0.2, 0.25) is 11.8 Å². The Morgan fingerprint density at radius 1 is 1.18 bits per heavy atom. The Morgan fingerprint density at radius 3 is 2.79 bits per heavy atom. The molecule has 34 heavy (non-hydrogen) atoms. The molecule has 1 amide bonds. The van der Waals surface area contributed by atoms with Crippen molar-refractivity contribution in [3.63, 3.8) is 0 Å². The van der Waals surface area contributed by atoms with Crippen LogP contribution in [0.3, 0.4) is 0 Å². The number of carbonyl (C=O) groups excluding carboxylic acids is 1. The van der Waals surface area contributed by atoms with Crippen molar-refractivity contribution >= 4 is 33.6 Å². The first-order valence-corrected chi connectivity index (χ1v) is 12.1. The summed E-state index contributed by atoms with van der Waals surface area (Å²) in [6.45, 7) is 2.60. The van der Waals surface area contributed by atoms with Crippen LogP contribution in [0.1, 0.15) is 35.2 Å². The Kier molecular flexibility index (Phi) is 7.62. The Labute approximate surface area is 208 Å². The fourth-order valence-corrected chi connectivity index (χ4v) is 4.50. The van der Waals surface area contributed by atoms with Crippen LogP contribution in [0, 0.1) is 12.8 Å². The fourth-order valence-electron chi connectivity index (χ4n) is 4.14. The van der Waals surface area contributed by atoms with Crippen molar-refractivity contribution in [1.29, 1.82) is 0 Å². The molecule has 1 saturated carbocycles. The van der Waals surface area contributed by atoms with E-state index < -0.39 is 0 Å². The monoisotopic (exact) mass is 524 g/mol. The largest absolute Gasteiger partial charge is 0.437 e. The first-order chi connectivity index (χ1) is 16.4. The number of hydrogen-bond acceptors (Lipinski definition) is 7. The van der Waals surface area contributed by atoms with Crippen LogP contribution in [0.15, 0.2) is 53.3 Å². The number of para-hydroxylation sites is 1. The summed E-state index contributed by atoms with van der Waals surface area (Å²) in [6.07, 6.45) is 6.45. The summed E-state index contributed by atoms with van der Waals surface area (Å²) in [5.74, 6) is 2.64. The third kappa shape index (κ3) is 5.83. The van der Waals surface area contributed by atoms with Gasteiger partial charge in [0.25, 0.3) is 5.91 Å². The lowest BCUT2D eigenvalue weighted by Crippen LogP contribution is -2.29. The molecule has 0 radical (unpaired) electrons. The molecular weight excluding hydrogens is 496 g/mol. The molecule has 2 heterocycles. The topological polar surface area (TPSA) is 92.3 Å². The SMILES string of the molecule is Cc1cnc(N[C@H]2CC[C@@H](CNC(=O)c3cccnc3Oc3ccccc3Br)C2)nc1N(C)C. The molecule has 1 fully saturated rings. The summed E-state index contributed by atoms with van der Waals surface area (Å²) in [5, 5.41) is 6.52. The maximum Gasteiger partial charge on any atom is 0.256 e. The molecular formula is C25H29BrN6O2. The van der Waals surface area contributed by atoms with Crippen molar-refractivity contribution in [2.45, 2.75) is 32.2 Å². The Bertz CT molecular complexity index is 1160. The lowest BCUT2D eigenvalue weighted by molar-refractivity contribution is 0.0944. The van der Waals surface area contributed by atoms with Gasteiger partial charge in [0.15, 0.2) is 0 Å². The van der Waals surface area contributed by atoms with Crippen LogP contribution < -0.4 is 20.3 Å². The van der Waals surface area contributed by atoms with Gasteiger partial charge in [0.05, 0.1) is 4.47 Å². The Morgan fingerprint density at radius 2 is 2.00 bits per heavy atom. The van der Waals surface area contributed by atoms with E-state index >= 15 is 0 Å². The molecule has 2 atom stereocenters. The van der Waals surface area contributed by atoms with Gasteiger partial charge in [-0.3, -0.25) is 4.79 Å². The van der Waals surface area contributed by atoms with E-state index in [-0.39, 0.29) is 17.8 Å². The van der Waals surface area contributed by atoms with Gasteiger partial charge in [-0.2, -0.15) is 4.98 Å². The second-order valence-corrected chi connectivity index (χ2v) is 9.57. The van der Waals surface area contributed by atoms with Crippen molar-refractivity contribution in [2.24, 2.45) is 5.92 Å². The number of ether oxygens (including phenoxy) is 1. The van der Waals surface area contributed by atoms with E-state index in [0.717, 1.165) is 35.1 Å². The fraction of sp³-hybridized carbons (Fsp3) is 0.360.